The maximum Gasteiger partial charge on any atom is 0.254 e. The number of morpholine rings is 1. The zero-order valence-corrected chi connectivity index (χ0v) is 12.7. The Labute approximate surface area is 124 Å². The molecule has 6 heteroatoms. The van der Waals surface area contributed by atoms with Gasteiger partial charge >= 0.3 is 0 Å². The molecule has 6 nitrogen and oxygen atoms in total. The summed E-state index contributed by atoms with van der Waals surface area (Å²) < 4.78 is 16.0. The molecule has 1 aliphatic rings. The van der Waals surface area contributed by atoms with Gasteiger partial charge in [-0.1, -0.05) is 0 Å². The van der Waals surface area contributed by atoms with Gasteiger partial charge in [0, 0.05) is 30.8 Å². The summed E-state index contributed by atoms with van der Waals surface area (Å²) in [5.74, 6) is 1.12. The summed E-state index contributed by atoms with van der Waals surface area (Å²) in [5, 5.41) is 0. The summed E-state index contributed by atoms with van der Waals surface area (Å²) in [5.41, 5.74) is 6.39. The highest BCUT2D eigenvalue weighted by molar-refractivity contribution is 5.95. The molecule has 21 heavy (non-hydrogen) atoms. The lowest BCUT2D eigenvalue weighted by Gasteiger charge is -2.34. The van der Waals surface area contributed by atoms with E-state index in [4.69, 9.17) is 19.9 Å². The van der Waals surface area contributed by atoms with E-state index in [0.29, 0.717) is 36.8 Å². The van der Waals surface area contributed by atoms with Gasteiger partial charge in [-0.3, -0.25) is 4.79 Å². The fourth-order valence-corrected chi connectivity index (χ4v) is 2.29. The molecular formula is C15H22N2O4. The highest BCUT2D eigenvalue weighted by Gasteiger charge is 2.27. The molecule has 0 aliphatic carbocycles. The lowest BCUT2D eigenvalue weighted by Crippen LogP contribution is -2.51. The fraction of sp³-hybridized carbons (Fsp3) is 0.533. The van der Waals surface area contributed by atoms with E-state index in [2.05, 4.69) is 0 Å². The van der Waals surface area contributed by atoms with E-state index in [0.717, 1.165) is 0 Å². The molecule has 1 fully saturated rings. The van der Waals surface area contributed by atoms with E-state index >= 15 is 0 Å². The van der Waals surface area contributed by atoms with Crippen LogP contribution in [0.5, 0.6) is 11.5 Å². The monoisotopic (exact) mass is 294 g/mol. The number of nitrogens with two attached hydrogens (primary N) is 1. The van der Waals surface area contributed by atoms with Crippen LogP contribution in [0.2, 0.25) is 0 Å². The molecule has 2 atom stereocenters. The molecule has 2 rings (SSSR count). The molecule has 1 aromatic carbocycles. The molecule has 116 valence electrons. The van der Waals surface area contributed by atoms with Crippen LogP contribution in [0.25, 0.3) is 0 Å². The predicted molar refractivity (Wildman–Crippen MR) is 78.8 cm³/mol. The second-order valence-corrected chi connectivity index (χ2v) is 5.12. The minimum absolute atomic E-state index is 0.0684. The van der Waals surface area contributed by atoms with Crippen LogP contribution in [0.3, 0.4) is 0 Å². The van der Waals surface area contributed by atoms with Crippen LogP contribution < -0.4 is 15.2 Å². The van der Waals surface area contributed by atoms with Crippen molar-refractivity contribution in [3.63, 3.8) is 0 Å². The summed E-state index contributed by atoms with van der Waals surface area (Å²) in [6.07, 6.45) is -0.129. The van der Waals surface area contributed by atoms with E-state index < -0.39 is 0 Å². The minimum Gasteiger partial charge on any atom is -0.497 e. The number of methoxy groups -OCH3 is 2. The van der Waals surface area contributed by atoms with Gasteiger partial charge in [-0.15, -0.1) is 0 Å². The van der Waals surface area contributed by atoms with E-state index in [9.17, 15) is 4.79 Å². The topological polar surface area (TPSA) is 74.0 Å². The van der Waals surface area contributed by atoms with Crippen molar-refractivity contribution < 1.29 is 19.0 Å². The van der Waals surface area contributed by atoms with Crippen molar-refractivity contribution in [3.05, 3.63) is 23.8 Å². The van der Waals surface area contributed by atoms with Gasteiger partial charge in [0.2, 0.25) is 0 Å². The molecule has 1 heterocycles. The number of amides is 1. The second-order valence-electron chi connectivity index (χ2n) is 5.12. The SMILES string of the molecule is COc1cc(OC)cc(C(=O)N2CCOC(C(C)N)C2)c1. The Kier molecular flexibility index (Phi) is 5.03. The quantitative estimate of drug-likeness (QED) is 0.893. The van der Waals surface area contributed by atoms with E-state index in [1.165, 1.54) is 0 Å². The Hall–Kier alpha value is -1.79. The predicted octanol–water partition coefficient (Wildman–Crippen LogP) is 0.892. The van der Waals surface area contributed by atoms with Crippen molar-refractivity contribution >= 4 is 5.91 Å². The third-order valence-electron chi connectivity index (χ3n) is 3.57. The van der Waals surface area contributed by atoms with Crippen molar-refractivity contribution in [2.24, 2.45) is 5.73 Å². The van der Waals surface area contributed by atoms with Gasteiger partial charge in [0.15, 0.2) is 0 Å². The van der Waals surface area contributed by atoms with Crippen molar-refractivity contribution in [2.75, 3.05) is 33.9 Å². The van der Waals surface area contributed by atoms with Crippen molar-refractivity contribution in [1.29, 1.82) is 0 Å². The molecule has 1 aliphatic heterocycles. The number of ether oxygens (including phenoxy) is 3. The van der Waals surface area contributed by atoms with Gasteiger partial charge < -0.3 is 24.8 Å². The maximum absolute atomic E-state index is 12.6. The highest BCUT2D eigenvalue weighted by atomic mass is 16.5. The number of hydrogen-bond donors (Lipinski definition) is 1. The first-order valence-electron chi connectivity index (χ1n) is 6.94. The molecule has 1 aromatic rings. The first-order valence-corrected chi connectivity index (χ1v) is 6.94. The molecule has 2 unspecified atom stereocenters. The van der Waals surface area contributed by atoms with Gasteiger partial charge in [0.25, 0.3) is 5.91 Å². The summed E-state index contributed by atoms with van der Waals surface area (Å²) in [7, 11) is 3.12. The van der Waals surface area contributed by atoms with Gasteiger partial charge in [0.05, 0.1) is 26.9 Å². The molecule has 0 bridgehead atoms. The van der Waals surface area contributed by atoms with Crippen molar-refractivity contribution in [2.45, 2.75) is 19.1 Å². The van der Waals surface area contributed by atoms with E-state index in [-0.39, 0.29) is 18.1 Å². The lowest BCUT2D eigenvalue weighted by atomic mass is 10.1. The Balaban J connectivity index is 2.19. The molecular weight excluding hydrogens is 272 g/mol. The first-order chi connectivity index (χ1) is 10.0. The first kappa shape index (κ1) is 15.6. The third kappa shape index (κ3) is 3.65. The summed E-state index contributed by atoms with van der Waals surface area (Å²) in [6, 6.07) is 5.05. The van der Waals surface area contributed by atoms with Crippen molar-refractivity contribution in [3.8, 4) is 11.5 Å². The number of benzene rings is 1. The van der Waals surface area contributed by atoms with Crippen LogP contribution in [-0.2, 0) is 4.74 Å². The average Bonchev–Trinajstić information content (AvgIpc) is 2.53. The van der Waals surface area contributed by atoms with Gasteiger partial charge in [-0.2, -0.15) is 0 Å². The van der Waals surface area contributed by atoms with Crippen LogP contribution >= 0.6 is 0 Å². The number of rotatable bonds is 4. The third-order valence-corrected chi connectivity index (χ3v) is 3.57. The van der Waals surface area contributed by atoms with E-state index in [1.54, 1.807) is 37.3 Å². The average molecular weight is 294 g/mol. The Morgan fingerprint density at radius 3 is 2.48 bits per heavy atom. The van der Waals surface area contributed by atoms with Crippen LogP contribution in [0.1, 0.15) is 17.3 Å². The number of carbonyl (C=O) groups is 1. The van der Waals surface area contributed by atoms with Gasteiger partial charge in [0.1, 0.15) is 11.5 Å². The molecule has 1 saturated heterocycles. The van der Waals surface area contributed by atoms with Gasteiger partial charge in [-0.05, 0) is 19.1 Å². The largest absolute Gasteiger partial charge is 0.497 e. The number of carbonyl (C=O) groups excluding carboxylic acids is 1. The van der Waals surface area contributed by atoms with E-state index in [1.807, 2.05) is 6.92 Å². The van der Waals surface area contributed by atoms with Crippen LogP contribution in [-0.4, -0.2) is 56.9 Å². The molecule has 0 spiro atoms. The molecule has 2 N–H and O–H groups in total. The fourth-order valence-electron chi connectivity index (χ4n) is 2.29. The summed E-state index contributed by atoms with van der Waals surface area (Å²) in [4.78, 5) is 14.4. The summed E-state index contributed by atoms with van der Waals surface area (Å²) in [6.45, 7) is 3.43. The van der Waals surface area contributed by atoms with Crippen LogP contribution in [0, 0.1) is 0 Å². The minimum atomic E-state index is -0.129. The maximum atomic E-state index is 12.6. The van der Waals surface area contributed by atoms with Crippen molar-refractivity contribution in [1.82, 2.24) is 4.90 Å². The van der Waals surface area contributed by atoms with Crippen LogP contribution in [0.15, 0.2) is 18.2 Å². The molecule has 0 saturated carbocycles. The smallest absolute Gasteiger partial charge is 0.254 e. The second kappa shape index (κ2) is 6.78. The number of hydrogen-bond acceptors (Lipinski definition) is 5. The zero-order chi connectivity index (χ0) is 15.4. The van der Waals surface area contributed by atoms with Gasteiger partial charge in [-0.25, -0.2) is 0 Å². The molecule has 0 aromatic heterocycles. The standard InChI is InChI=1S/C15H22N2O4/c1-10(16)14-9-17(4-5-21-14)15(18)11-6-12(19-2)8-13(7-11)20-3/h6-8,10,14H,4-5,9,16H2,1-3H3. The lowest BCUT2D eigenvalue weighted by molar-refractivity contribution is -0.0300. The zero-order valence-electron chi connectivity index (χ0n) is 12.7. The Morgan fingerprint density at radius 1 is 1.33 bits per heavy atom. The Bertz CT molecular complexity index is 482. The highest BCUT2D eigenvalue weighted by Crippen LogP contribution is 2.24. The molecule has 1 amide bonds. The van der Waals surface area contributed by atoms with Crippen LogP contribution in [0.4, 0.5) is 0 Å². The number of nitrogens with zero attached hydrogens (tertiary/aromatic N) is 1. The molecule has 0 radical (unpaired) electrons. The normalized spacial score (nSPS) is 20.0. The summed E-state index contributed by atoms with van der Waals surface area (Å²) >= 11 is 0. The Morgan fingerprint density at radius 2 is 1.95 bits per heavy atom.